The third-order valence-corrected chi connectivity index (χ3v) is 4.43. The lowest BCUT2D eigenvalue weighted by Gasteiger charge is -2.09. The number of rotatable bonds is 3. The van der Waals surface area contributed by atoms with Crippen molar-refractivity contribution in [2.24, 2.45) is 7.05 Å². The summed E-state index contributed by atoms with van der Waals surface area (Å²) in [7, 11) is 1.64. The second-order valence-corrected chi connectivity index (χ2v) is 6.06. The van der Waals surface area contributed by atoms with Crippen LogP contribution in [-0.2, 0) is 7.05 Å². The van der Waals surface area contributed by atoms with Crippen LogP contribution in [0.1, 0.15) is 18.5 Å². The molecule has 0 bridgehead atoms. The molecule has 4 aromatic heterocycles. The maximum atomic E-state index is 12.5. The average molecular weight is 349 g/mol. The Bertz CT molecular complexity index is 1240. The summed E-state index contributed by atoms with van der Waals surface area (Å²) in [5.41, 5.74) is 2.62. The van der Waals surface area contributed by atoms with Crippen LogP contribution in [0, 0.1) is 11.3 Å². The summed E-state index contributed by atoms with van der Waals surface area (Å²) >= 11 is 0. The summed E-state index contributed by atoms with van der Waals surface area (Å²) in [6.07, 6.45) is 4.90. The van der Waals surface area contributed by atoms with Crippen LogP contribution in [0.3, 0.4) is 0 Å². The van der Waals surface area contributed by atoms with Crippen LogP contribution in [0.5, 0.6) is 0 Å². The molecule has 0 aliphatic carbocycles. The summed E-state index contributed by atoms with van der Waals surface area (Å²) in [6.45, 7) is 1.57. The molecule has 4 rings (SSSR count). The normalized spacial score (nSPS) is 12.5. The van der Waals surface area contributed by atoms with Crippen LogP contribution >= 0.6 is 0 Å². The minimum Gasteiger partial charge on any atom is -0.394 e. The predicted molar refractivity (Wildman–Crippen MR) is 93.5 cm³/mol. The lowest BCUT2D eigenvalue weighted by atomic mass is 10.2. The molecule has 4 aromatic rings. The summed E-state index contributed by atoms with van der Waals surface area (Å²) in [5, 5.41) is 22.9. The summed E-state index contributed by atoms with van der Waals surface area (Å²) < 4.78 is 4.54. The average Bonchev–Trinajstić information content (AvgIpc) is 3.19. The number of aliphatic hydroxyl groups is 1. The van der Waals surface area contributed by atoms with Gasteiger partial charge in [0.25, 0.3) is 0 Å². The SMILES string of the molecule is CC(CO)n1c(=O)n(C)c2cnc(-c3cnn4ccc(C#N)cc34)nc21. The fraction of sp³-hybridized carbons (Fsp3) is 0.235. The van der Waals surface area contributed by atoms with Gasteiger partial charge in [-0.1, -0.05) is 0 Å². The topological polar surface area (TPSA) is 114 Å². The molecule has 26 heavy (non-hydrogen) atoms. The highest BCUT2D eigenvalue weighted by molar-refractivity contribution is 5.80. The molecule has 4 heterocycles. The van der Waals surface area contributed by atoms with Gasteiger partial charge in [-0.15, -0.1) is 0 Å². The fourth-order valence-electron chi connectivity index (χ4n) is 2.97. The molecule has 9 nitrogen and oxygen atoms in total. The smallest absolute Gasteiger partial charge is 0.330 e. The molecule has 0 fully saturated rings. The number of aromatic nitrogens is 6. The molecule has 0 amide bonds. The van der Waals surface area contributed by atoms with Gasteiger partial charge in [0.15, 0.2) is 11.5 Å². The first kappa shape index (κ1) is 16.0. The van der Waals surface area contributed by atoms with E-state index in [1.54, 1.807) is 49.2 Å². The largest absolute Gasteiger partial charge is 0.394 e. The van der Waals surface area contributed by atoms with E-state index in [1.165, 1.54) is 9.13 Å². The first-order chi connectivity index (χ1) is 12.5. The van der Waals surface area contributed by atoms with Gasteiger partial charge in [-0.25, -0.2) is 19.3 Å². The van der Waals surface area contributed by atoms with Crippen LogP contribution < -0.4 is 5.69 Å². The van der Waals surface area contributed by atoms with Crippen molar-refractivity contribution >= 4 is 16.7 Å². The minimum absolute atomic E-state index is 0.180. The maximum Gasteiger partial charge on any atom is 0.330 e. The van der Waals surface area contributed by atoms with Gasteiger partial charge >= 0.3 is 5.69 Å². The van der Waals surface area contributed by atoms with Gasteiger partial charge in [-0.05, 0) is 19.1 Å². The molecule has 9 heteroatoms. The highest BCUT2D eigenvalue weighted by Crippen LogP contribution is 2.24. The Labute approximate surface area is 147 Å². The first-order valence-corrected chi connectivity index (χ1v) is 7.98. The second-order valence-electron chi connectivity index (χ2n) is 6.06. The van der Waals surface area contributed by atoms with E-state index in [1.807, 2.05) is 0 Å². The van der Waals surface area contributed by atoms with E-state index in [2.05, 4.69) is 21.1 Å². The lowest BCUT2D eigenvalue weighted by Crippen LogP contribution is -2.26. The van der Waals surface area contributed by atoms with Crippen LogP contribution in [0.2, 0.25) is 0 Å². The molecule has 0 radical (unpaired) electrons. The van der Waals surface area contributed by atoms with Gasteiger partial charge in [-0.2, -0.15) is 10.4 Å². The third kappa shape index (κ3) is 2.20. The summed E-state index contributed by atoms with van der Waals surface area (Å²) in [6, 6.07) is 5.07. The van der Waals surface area contributed by atoms with Gasteiger partial charge in [0, 0.05) is 13.2 Å². The molecule has 1 N–H and O–H groups in total. The zero-order valence-corrected chi connectivity index (χ0v) is 14.2. The van der Waals surface area contributed by atoms with Crippen molar-refractivity contribution in [1.29, 1.82) is 5.26 Å². The number of hydrogen-bond acceptors (Lipinski definition) is 6. The van der Waals surface area contributed by atoms with E-state index in [4.69, 9.17) is 5.26 Å². The van der Waals surface area contributed by atoms with E-state index >= 15 is 0 Å². The second kappa shape index (κ2) is 5.79. The highest BCUT2D eigenvalue weighted by Gasteiger charge is 2.19. The van der Waals surface area contributed by atoms with Crippen molar-refractivity contribution in [1.82, 2.24) is 28.7 Å². The zero-order chi connectivity index (χ0) is 18.4. The molecule has 0 saturated heterocycles. The van der Waals surface area contributed by atoms with Crippen LogP contribution in [-0.4, -0.2) is 40.4 Å². The Kier molecular flexibility index (Phi) is 3.56. The van der Waals surface area contributed by atoms with Gasteiger partial charge in [0.05, 0.1) is 47.8 Å². The van der Waals surface area contributed by atoms with Crippen LogP contribution in [0.15, 0.2) is 35.5 Å². The molecule has 0 aliphatic rings. The number of aliphatic hydroxyl groups excluding tert-OH is 1. The Morgan fingerprint density at radius 3 is 2.88 bits per heavy atom. The van der Waals surface area contributed by atoms with Crippen molar-refractivity contribution in [3.63, 3.8) is 0 Å². The number of hydrogen-bond donors (Lipinski definition) is 1. The van der Waals surface area contributed by atoms with Crippen LogP contribution in [0.25, 0.3) is 28.1 Å². The molecular weight excluding hydrogens is 334 g/mol. The molecular formula is C17H15N7O2. The Morgan fingerprint density at radius 2 is 2.15 bits per heavy atom. The monoisotopic (exact) mass is 349 g/mol. The number of pyridine rings is 1. The Hall–Kier alpha value is -3.51. The molecule has 1 unspecified atom stereocenters. The molecule has 0 spiro atoms. The minimum atomic E-state index is -0.414. The number of aryl methyl sites for hydroxylation is 1. The van der Waals surface area contributed by atoms with Crippen molar-refractivity contribution in [3.05, 3.63) is 46.8 Å². The van der Waals surface area contributed by atoms with E-state index < -0.39 is 6.04 Å². The van der Waals surface area contributed by atoms with E-state index in [9.17, 15) is 9.90 Å². The maximum absolute atomic E-state index is 12.5. The van der Waals surface area contributed by atoms with E-state index in [0.717, 1.165) is 0 Å². The summed E-state index contributed by atoms with van der Waals surface area (Å²) in [5.74, 6) is 0.395. The predicted octanol–water partition coefficient (Wildman–Crippen LogP) is 0.870. The lowest BCUT2D eigenvalue weighted by molar-refractivity contribution is 0.238. The third-order valence-electron chi connectivity index (χ3n) is 4.43. The van der Waals surface area contributed by atoms with Crippen LogP contribution in [0.4, 0.5) is 0 Å². The fourth-order valence-corrected chi connectivity index (χ4v) is 2.97. The highest BCUT2D eigenvalue weighted by atomic mass is 16.3. The molecule has 0 aromatic carbocycles. The quantitative estimate of drug-likeness (QED) is 0.587. The van der Waals surface area contributed by atoms with Crippen molar-refractivity contribution in [3.8, 4) is 17.5 Å². The van der Waals surface area contributed by atoms with Gasteiger partial charge in [0.1, 0.15) is 5.52 Å². The number of nitriles is 1. The van der Waals surface area contributed by atoms with E-state index in [0.29, 0.717) is 33.6 Å². The molecule has 0 saturated carbocycles. The Morgan fingerprint density at radius 1 is 1.35 bits per heavy atom. The molecule has 1 atom stereocenters. The summed E-state index contributed by atoms with van der Waals surface area (Å²) in [4.78, 5) is 21.4. The number of imidazole rings is 1. The van der Waals surface area contributed by atoms with Crippen molar-refractivity contribution in [2.45, 2.75) is 13.0 Å². The van der Waals surface area contributed by atoms with Gasteiger partial charge < -0.3 is 5.11 Å². The number of nitrogens with zero attached hydrogens (tertiary/aromatic N) is 7. The van der Waals surface area contributed by atoms with Crippen molar-refractivity contribution < 1.29 is 5.11 Å². The van der Waals surface area contributed by atoms with Crippen molar-refractivity contribution in [2.75, 3.05) is 6.61 Å². The van der Waals surface area contributed by atoms with E-state index in [-0.39, 0.29) is 12.3 Å². The number of fused-ring (bicyclic) bond motifs is 2. The molecule has 0 aliphatic heterocycles. The first-order valence-electron chi connectivity index (χ1n) is 7.98. The zero-order valence-electron chi connectivity index (χ0n) is 14.2. The van der Waals surface area contributed by atoms with Gasteiger partial charge in [0.2, 0.25) is 0 Å². The standard InChI is InChI=1S/C17H15N7O2/c1-10(9-25)24-16-14(22(2)17(24)26)8-19-15(21-16)12-7-20-23-4-3-11(6-18)5-13(12)23/h3-5,7-8,10,25H,9H2,1-2H3. The molecule has 130 valence electrons. The Balaban J connectivity index is 1.99. The van der Waals surface area contributed by atoms with Gasteiger partial charge in [-0.3, -0.25) is 9.13 Å².